The topological polar surface area (TPSA) is 121 Å². The van der Waals surface area contributed by atoms with Crippen LogP contribution in [0.1, 0.15) is 5.56 Å². The predicted molar refractivity (Wildman–Crippen MR) is 95.9 cm³/mol. The molecule has 1 aromatic carbocycles. The monoisotopic (exact) mass is 403 g/mol. The van der Waals surface area contributed by atoms with Gasteiger partial charge in [-0.3, -0.25) is 14.2 Å². The molecule has 1 aliphatic heterocycles. The highest BCUT2D eigenvalue weighted by atomic mass is 32.2. The molecule has 0 radical (unpaired) electrons. The van der Waals surface area contributed by atoms with E-state index in [4.69, 9.17) is 26.6 Å². The van der Waals surface area contributed by atoms with Gasteiger partial charge in [0.15, 0.2) is 6.61 Å². The molecule has 0 saturated carbocycles. The lowest BCUT2D eigenvalue weighted by molar-refractivity contribution is -0.139. The number of nitrogens with zero attached hydrogens (tertiary/aromatic N) is 1. The summed E-state index contributed by atoms with van der Waals surface area (Å²) in [6.07, 6.45) is 1.58. The summed E-state index contributed by atoms with van der Waals surface area (Å²) in [6, 6.07) is 6.41. The first-order chi connectivity index (χ1) is 11.7. The Morgan fingerprint density at radius 2 is 1.96 bits per heavy atom. The van der Waals surface area contributed by atoms with Gasteiger partial charge in [-0.1, -0.05) is 36.1 Å². The zero-order valence-electron chi connectivity index (χ0n) is 12.6. The molecule has 0 spiro atoms. The van der Waals surface area contributed by atoms with Gasteiger partial charge >= 0.3 is 5.97 Å². The maximum atomic E-state index is 12.3. The van der Waals surface area contributed by atoms with Gasteiger partial charge in [0.25, 0.3) is 16.0 Å². The fourth-order valence-corrected chi connectivity index (χ4v) is 3.58. The van der Waals surface area contributed by atoms with Gasteiger partial charge in [0.1, 0.15) is 10.1 Å². The molecule has 1 aliphatic rings. The van der Waals surface area contributed by atoms with Crippen LogP contribution in [0.4, 0.5) is 0 Å². The molecule has 134 valence electrons. The van der Waals surface area contributed by atoms with Crippen molar-refractivity contribution in [1.82, 2.24) is 4.90 Å². The molecule has 1 fully saturated rings. The van der Waals surface area contributed by atoms with E-state index in [0.29, 0.717) is 16.2 Å². The lowest BCUT2D eigenvalue weighted by Gasteiger charge is -2.12. The number of carbonyl (C=O) groups is 2. The molecule has 2 rings (SSSR count). The maximum Gasteiger partial charge on any atom is 0.341 e. The van der Waals surface area contributed by atoms with Crippen LogP contribution in [0.5, 0.6) is 5.75 Å². The standard InChI is InChI=1S/C14H13NO7S3/c16-12(17)8-22-10-3-1-9(2-4-10)7-11-13(18)15(14(23)24-11)5-6-25(19,20)21/h1-4,7H,5-6,8H2,(H,16,17)(H,19,20,21)/b11-7-. The minimum Gasteiger partial charge on any atom is -0.482 e. The zero-order valence-corrected chi connectivity index (χ0v) is 15.1. The van der Waals surface area contributed by atoms with Gasteiger partial charge in [-0.2, -0.15) is 8.42 Å². The van der Waals surface area contributed by atoms with E-state index in [1.165, 1.54) is 0 Å². The third-order valence-electron chi connectivity index (χ3n) is 2.99. The third-order valence-corrected chi connectivity index (χ3v) is 5.06. The van der Waals surface area contributed by atoms with Crippen molar-refractivity contribution in [3.8, 4) is 5.75 Å². The Morgan fingerprint density at radius 1 is 1.32 bits per heavy atom. The number of carbonyl (C=O) groups excluding carboxylic acids is 1. The van der Waals surface area contributed by atoms with E-state index in [2.05, 4.69) is 0 Å². The van der Waals surface area contributed by atoms with E-state index in [1.54, 1.807) is 30.3 Å². The second-order valence-electron chi connectivity index (χ2n) is 4.87. The van der Waals surface area contributed by atoms with Crippen molar-refractivity contribution in [1.29, 1.82) is 0 Å². The first-order valence-corrected chi connectivity index (χ1v) is 9.64. The smallest absolute Gasteiger partial charge is 0.341 e. The highest BCUT2D eigenvalue weighted by Gasteiger charge is 2.32. The van der Waals surface area contributed by atoms with Crippen molar-refractivity contribution in [2.75, 3.05) is 18.9 Å². The number of thioether (sulfide) groups is 1. The van der Waals surface area contributed by atoms with E-state index >= 15 is 0 Å². The van der Waals surface area contributed by atoms with Crippen LogP contribution in [0.3, 0.4) is 0 Å². The molecule has 0 aliphatic carbocycles. The lowest BCUT2D eigenvalue weighted by Crippen LogP contribution is -2.32. The number of ether oxygens (including phenoxy) is 1. The average molecular weight is 403 g/mol. The Morgan fingerprint density at radius 3 is 2.52 bits per heavy atom. The Balaban J connectivity index is 2.07. The molecule has 11 heteroatoms. The largest absolute Gasteiger partial charge is 0.482 e. The van der Waals surface area contributed by atoms with Crippen molar-refractivity contribution in [2.24, 2.45) is 0 Å². The van der Waals surface area contributed by atoms with Crippen LogP contribution in [0.25, 0.3) is 6.08 Å². The van der Waals surface area contributed by atoms with Crippen LogP contribution in [0.2, 0.25) is 0 Å². The summed E-state index contributed by atoms with van der Waals surface area (Å²) >= 11 is 6.08. The van der Waals surface area contributed by atoms with E-state index in [9.17, 15) is 18.0 Å². The lowest BCUT2D eigenvalue weighted by atomic mass is 10.2. The first kappa shape index (κ1) is 19.4. The van der Waals surface area contributed by atoms with Gasteiger partial charge in [0, 0.05) is 6.54 Å². The molecule has 0 aromatic heterocycles. The third kappa shape index (κ3) is 5.81. The number of hydrogen-bond acceptors (Lipinski definition) is 7. The fourth-order valence-electron chi connectivity index (χ4n) is 1.86. The van der Waals surface area contributed by atoms with Crippen LogP contribution in [-0.2, 0) is 19.7 Å². The van der Waals surface area contributed by atoms with Crippen molar-refractivity contribution in [2.45, 2.75) is 0 Å². The van der Waals surface area contributed by atoms with Crippen LogP contribution in [0, 0.1) is 0 Å². The van der Waals surface area contributed by atoms with Crippen molar-refractivity contribution < 1.29 is 32.4 Å². The van der Waals surface area contributed by atoms with Crippen LogP contribution >= 0.6 is 24.0 Å². The van der Waals surface area contributed by atoms with Crippen LogP contribution in [-0.4, -0.2) is 58.1 Å². The second kappa shape index (κ2) is 7.95. The molecule has 25 heavy (non-hydrogen) atoms. The summed E-state index contributed by atoms with van der Waals surface area (Å²) in [7, 11) is -4.19. The molecule has 1 heterocycles. The summed E-state index contributed by atoms with van der Waals surface area (Å²) in [5.74, 6) is -1.75. The first-order valence-electron chi connectivity index (χ1n) is 6.81. The number of carboxylic acid groups (broad SMARTS) is 1. The molecule has 1 amide bonds. The minimum atomic E-state index is -4.19. The van der Waals surface area contributed by atoms with Crippen molar-refractivity contribution in [3.63, 3.8) is 0 Å². The molecule has 0 atom stereocenters. The summed E-state index contributed by atoms with van der Waals surface area (Å²) in [5.41, 5.74) is 0.665. The highest BCUT2D eigenvalue weighted by Crippen LogP contribution is 2.32. The molecule has 2 N–H and O–H groups in total. The van der Waals surface area contributed by atoms with Crippen LogP contribution in [0.15, 0.2) is 29.2 Å². The van der Waals surface area contributed by atoms with E-state index in [1.807, 2.05) is 0 Å². The van der Waals surface area contributed by atoms with Crippen LogP contribution < -0.4 is 4.74 Å². The normalized spacial score (nSPS) is 16.5. The Bertz CT molecular complexity index is 830. The molecule has 1 saturated heterocycles. The Hall–Kier alpha value is -1.95. The van der Waals surface area contributed by atoms with Gasteiger partial charge in [-0.25, -0.2) is 4.79 Å². The van der Waals surface area contributed by atoms with Crippen molar-refractivity contribution >= 4 is 56.4 Å². The maximum absolute atomic E-state index is 12.3. The molecular weight excluding hydrogens is 390 g/mol. The minimum absolute atomic E-state index is 0.210. The highest BCUT2D eigenvalue weighted by molar-refractivity contribution is 8.26. The number of amides is 1. The number of carboxylic acids is 1. The summed E-state index contributed by atoms with van der Waals surface area (Å²) in [6.45, 7) is -0.672. The zero-order chi connectivity index (χ0) is 18.6. The Labute approximate surface area is 153 Å². The average Bonchev–Trinajstić information content (AvgIpc) is 2.78. The molecule has 1 aromatic rings. The molecule has 0 unspecified atom stereocenters. The number of aliphatic carboxylic acids is 1. The molecular formula is C14H13NO7S3. The SMILES string of the molecule is O=C(O)COc1ccc(/C=C2\SC(=S)N(CCS(=O)(=O)O)C2=O)cc1. The van der Waals surface area contributed by atoms with Gasteiger partial charge in [0.2, 0.25) is 0 Å². The molecule has 0 bridgehead atoms. The van der Waals surface area contributed by atoms with E-state index in [-0.39, 0.29) is 10.9 Å². The summed E-state index contributed by atoms with van der Waals surface area (Å²) < 4.78 is 35.6. The number of benzene rings is 1. The summed E-state index contributed by atoms with van der Waals surface area (Å²) in [4.78, 5) is 24.1. The number of hydrogen-bond donors (Lipinski definition) is 2. The fraction of sp³-hybridized carbons (Fsp3) is 0.214. The van der Waals surface area contributed by atoms with Gasteiger partial charge in [-0.05, 0) is 23.8 Å². The van der Waals surface area contributed by atoms with E-state index in [0.717, 1.165) is 16.7 Å². The quantitative estimate of drug-likeness (QED) is 0.393. The Kier molecular flexibility index (Phi) is 6.16. The van der Waals surface area contributed by atoms with Crippen molar-refractivity contribution in [3.05, 3.63) is 34.7 Å². The van der Waals surface area contributed by atoms with Gasteiger partial charge in [-0.15, -0.1) is 0 Å². The molecule has 8 nitrogen and oxygen atoms in total. The second-order valence-corrected chi connectivity index (χ2v) is 8.12. The number of rotatable bonds is 7. The van der Waals surface area contributed by atoms with Gasteiger partial charge in [0.05, 0.1) is 10.7 Å². The number of thiocarbonyl (C=S) groups is 1. The van der Waals surface area contributed by atoms with E-state index < -0.39 is 34.4 Å². The summed E-state index contributed by atoms with van der Waals surface area (Å²) in [5, 5.41) is 8.55. The predicted octanol–water partition coefficient (Wildman–Crippen LogP) is 1.24. The van der Waals surface area contributed by atoms with Gasteiger partial charge < -0.3 is 9.84 Å².